The first kappa shape index (κ1) is 11.0. The van der Waals surface area contributed by atoms with Gasteiger partial charge in [-0.15, -0.1) is 0 Å². The second kappa shape index (κ2) is 4.14. The summed E-state index contributed by atoms with van der Waals surface area (Å²) in [4.78, 5) is 0. The third kappa shape index (κ3) is 1.91. The van der Waals surface area contributed by atoms with Crippen LogP contribution in [0.2, 0.25) is 5.02 Å². The Morgan fingerprint density at radius 1 is 1.53 bits per heavy atom. The predicted octanol–water partition coefficient (Wildman–Crippen LogP) is 2.14. The van der Waals surface area contributed by atoms with Crippen LogP contribution in [0.15, 0.2) is 0 Å². The molecule has 0 amide bonds. The topological polar surface area (TPSA) is 43.8 Å². The Labute approximate surface area is 95.6 Å². The van der Waals surface area contributed by atoms with Gasteiger partial charge in [-0.2, -0.15) is 5.10 Å². The molecule has 1 aliphatic carbocycles. The Bertz CT molecular complexity index is 359. The first-order valence-corrected chi connectivity index (χ1v) is 5.98. The highest BCUT2D eigenvalue weighted by atomic mass is 35.5. The van der Waals surface area contributed by atoms with Crippen molar-refractivity contribution in [3.63, 3.8) is 0 Å². The molecule has 0 aromatic carbocycles. The van der Waals surface area contributed by atoms with E-state index in [4.69, 9.17) is 17.3 Å². The number of halogens is 1. The maximum absolute atomic E-state index is 6.24. The van der Waals surface area contributed by atoms with Crippen molar-refractivity contribution in [1.29, 1.82) is 0 Å². The van der Waals surface area contributed by atoms with Crippen LogP contribution in [0, 0.1) is 12.8 Å². The zero-order valence-electron chi connectivity index (χ0n) is 9.33. The van der Waals surface area contributed by atoms with Crippen molar-refractivity contribution in [3.05, 3.63) is 16.4 Å². The molecule has 1 saturated carbocycles. The van der Waals surface area contributed by atoms with E-state index in [-0.39, 0.29) is 0 Å². The number of nitrogens with two attached hydrogens (primary N) is 1. The van der Waals surface area contributed by atoms with E-state index in [2.05, 4.69) is 12.0 Å². The van der Waals surface area contributed by atoms with Gasteiger partial charge in [-0.05, 0) is 39.0 Å². The van der Waals surface area contributed by atoms with Gasteiger partial charge in [0.15, 0.2) is 0 Å². The number of rotatable bonds is 3. The van der Waals surface area contributed by atoms with Gasteiger partial charge in [-0.1, -0.05) is 11.6 Å². The molecule has 3 nitrogen and oxygen atoms in total. The normalized spacial score (nSPS) is 25.3. The lowest BCUT2D eigenvalue weighted by atomic mass is 9.77. The summed E-state index contributed by atoms with van der Waals surface area (Å²) in [6.07, 6.45) is 3.36. The highest BCUT2D eigenvalue weighted by Gasteiger charge is 2.29. The van der Waals surface area contributed by atoms with Crippen molar-refractivity contribution in [2.75, 3.05) is 0 Å². The predicted molar refractivity (Wildman–Crippen MR) is 62.1 cm³/mol. The van der Waals surface area contributed by atoms with Crippen molar-refractivity contribution in [2.45, 2.75) is 45.7 Å². The lowest BCUT2D eigenvalue weighted by Crippen LogP contribution is -2.40. The number of hydrogen-bond acceptors (Lipinski definition) is 2. The fourth-order valence-corrected chi connectivity index (χ4v) is 2.37. The average Bonchev–Trinajstić information content (AvgIpc) is 2.50. The molecule has 2 unspecified atom stereocenters. The standard InChI is InChI=1S/C11H18ClN3/c1-3-15-10(11(12)7(2)14-15)6-8-4-5-9(8)13/h8-9H,3-6,13H2,1-2H3. The summed E-state index contributed by atoms with van der Waals surface area (Å²) in [5, 5.41) is 5.24. The van der Waals surface area contributed by atoms with E-state index in [0.29, 0.717) is 12.0 Å². The summed E-state index contributed by atoms with van der Waals surface area (Å²) >= 11 is 6.24. The molecule has 0 spiro atoms. The lowest BCUT2D eigenvalue weighted by Gasteiger charge is -2.33. The smallest absolute Gasteiger partial charge is 0.0847 e. The van der Waals surface area contributed by atoms with Gasteiger partial charge in [-0.25, -0.2) is 0 Å². The quantitative estimate of drug-likeness (QED) is 0.860. The van der Waals surface area contributed by atoms with E-state index in [0.717, 1.165) is 35.8 Å². The number of aryl methyl sites for hydroxylation is 2. The highest BCUT2D eigenvalue weighted by Crippen LogP contribution is 2.32. The van der Waals surface area contributed by atoms with Crippen molar-refractivity contribution >= 4 is 11.6 Å². The maximum Gasteiger partial charge on any atom is 0.0847 e. The third-order valence-electron chi connectivity index (χ3n) is 3.38. The molecule has 4 heteroatoms. The summed E-state index contributed by atoms with van der Waals surface area (Å²) in [5.74, 6) is 0.601. The minimum atomic E-state index is 0.363. The van der Waals surface area contributed by atoms with Crippen LogP contribution in [0.4, 0.5) is 0 Å². The van der Waals surface area contributed by atoms with Crippen molar-refractivity contribution < 1.29 is 0 Å². The molecule has 84 valence electrons. The summed E-state index contributed by atoms with van der Waals surface area (Å²) < 4.78 is 2.00. The van der Waals surface area contributed by atoms with E-state index in [1.165, 1.54) is 6.42 Å². The molecule has 2 atom stereocenters. The Kier molecular flexibility index (Phi) is 3.03. The zero-order chi connectivity index (χ0) is 11.0. The van der Waals surface area contributed by atoms with Crippen LogP contribution in [0.3, 0.4) is 0 Å². The van der Waals surface area contributed by atoms with E-state index in [1.54, 1.807) is 0 Å². The van der Waals surface area contributed by atoms with Gasteiger partial charge in [0, 0.05) is 12.6 Å². The van der Waals surface area contributed by atoms with Crippen molar-refractivity contribution in [1.82, 2.24) is 9.78 Å². The number of aromatic nitrogens is 2. The maximum atomic E-state index is 6.24. The first-order chi connectivity index (χ1) is 7.13. The minimum Gasteiger partial charge on any atom is -0.327 e. The number of hydrogen-bond donors (Lipinski definition) is 1. The average molecular weight is 228 g/mol. The van der Waals surface area contributed by atoms with Crippen LogP contribution in [-0.2, 0) is 13.0 Å². The fourth-order valence-electron chi connectivity index (χ4n) is 2.16. The van der Waals surface area contributed by atoms with Gasteiger partial charge >= 0.3 is 0 Å². The second-order valence-corrected chi connectivity index (χ2v) is 4.75. The molecule has 1 aromatic heterocycles. The molecule has 15 heavy (non-hydrogen) atoms. The van der Waals surface area contributed by atoms with Gasteiger partial charge in [0.05, 0.1) is 16.4 Å². The van der Waals surface area contributed by atoms with E-state index in [9.17, 15) is 0 Å². The molecule has 0 saturated heterocycles. The molecule has 2 N–H and O–H groups in total. The fraction of sp³-hybridized carbons (Fsp3) is 0.727. The van der Waals surface area contributed by atoms with Crippen LogP contribution < -0.4 is 5.73 Å². The van der Waals surface area contributed by atoms with Crippen LogP contribution in [0.25, 0.3) is 0 Å². The first-order valence-electron chi connectivity index (χ1n) is 5.60. The highest BCUT2D eigenvalue weighted by molar-refractivity contribution is 6.31. The molecular weight excluding hydrogens is 210 g/mol. The molecule has 1 aliphatic rings. The lowest BCUT2D eigenvalue weighted by molar-refractivity contribution is 0.251. The van der Waals surface area contributed by atoms with Gasteiger partial charge in [0.2, 0.25) is 0 Å². The van der Waals surface area contributed by atoms with Gasteiger partial charge in [0.1, 0.15) is 0 Å². The molecule has 2 rings (SSSR count). The second-order valence-electron chi connectivity index (χ2n) is 4.37. The molecule has 0 aliphatic heterocycles. The Morgan fingerprint density at radius 3 is 2.73 bits per heavy atom. The summed E-state index contributed by atoms with van der Waals surface area (Å²) in [6.45, 7) is 4.93. The Hall–Kier alpha value is -0.540. The van der Waals surface area contributed by atoms with E-state index < -0.39 is 0 Å². The molecule has 1 heterocycles. The van der Waals surface area contributed by atoms with Gasteiger partial charge in [-0.3, -0.25) is 4.68 Å². The minimum absolute atomic E-state index is 0.363. The number of nitrogens with zero attached hydrogens (tertiary/aromatic N) is 2. The van der Waals surface area contributed by atoms with Crippen LogP contribution >= 0.6 is 11.6 Å². The van der Waals surface area contributed by atoms with Crippen molar-refractivity contribution in [3.8, 4) is 0 Å². The van der Waals surface area contributed by atoms with Crippen LogP contribution in [0.5, 0.6) is 0 Å². The molecular formula is C11H18ClN3. The summed E-state index contributed by atoms with van der Waals surface area (Å²) in [7, 11) is 0. The largest absolute Gasteiger partial charge is 0.327 e. The summed E-state index contributed by atoms with van der Waals surface area (Å²) in [5.41, 5.74) is 8.04. The van der Waals surface area contributed by atoms with Gasteiger partial charge in [0.25, 0.3) is 0 Å². The van der Waals surface area contributed by atoms with E-state index >= 15 is 0 Å². The monoisotopic (exact) mass is 227 g/mol. The Balaban J connectivity index is 2.18. The van der Waals surface area contributed by atoms with E-state index in [1.807, 2.05) is 11.6 Å². The van der Waals surface area contributed by atoms with Gasteiger partial charge < -0.3 is 5.73 Å². The third-order valence-corrected chi connectivity index (χ3v) is 3.88. The molecule has 1 aromatic rings. The molecule has 0 radical (unpaired) electrons. The molecule has 1 fully saturated rings. The van der Waals surface area contributed by atoms with Crippen molar-refractivity contribution in [2.24, 2.45) is 11.7 Å². The molecule has 0 bridgehead atoms. The Morgan fingerprint density at radius 2 is 2.27 bits per heavy atom. The SMILES string of the molecule is CCn1nc(C)c(Cl)c1CC1CCC1N. The van der Waals surface area contributed by atoms with Crippen LogP contribution in [0.1, 0.15) is 31.2 Å². The summed E-state index contributed by atoms with van der Waals surface area (Å²) in [6, 6.07) is 0.363. The zero-order valence-corrected chi connectivity index (χ0v) is 10.1. The van der Waals surface area contributed by atoms with Crippen LogP contribution in [-0.4, -0.2) is 15.8 Å².